The number of piperidine rings is 1. The molecule has 12 heteroatoms. The Bertz CT molecular complexity index is 1560. The average molecular weight is 547 g/mol. The number of imidazole rings is 1. The summed E-state index contributed by atoms with van der Waals surface area (Å²) in [5, 5.41) is 53.0. The summed E-state index contributed by atoms with van der Waals surface area (Å²) in [6.07, 6.45) is 6.88. The van der Waals surface area contributed by atoms with Gasteiger partial charge < -0.3 is 41.2 Å². The van der Waals surface area contributed by atoms with E-state index in [1.165, 1.54) is 18.3 Å². The second kappa shape index (κ2) is 10.8. The number of nitrogens with zero attached hydrogens (tertiary/aromatic N) is 4. The summed E-state index contributed by atoms with van der Waals surface area (Å²) in [6, 6.07) is 8.49. The van der Waals surface area contributed by atoms with Crippen LogP contribution in [0.15, 0.2) is 49.1 Å². The standard InChI is InChI=1S/C28H30N6O6/c1-15-11-34(14-31-15)20-8-16(12-33-6-2-3-18(29)13-33)7-19(10-20)32-28(40)21-9-17(4-5-30-21)22-23(35)25(37)27(39)26(38)24(22)36/h4-5,7-11,14,18,35-39H,2-3,6,12-13,29H2,1H3,(H,32,40). The van der Waals surface area contributed by atoms with Crippen molar-refractivity contribution in [2.24, 2.45) is 5.73 Å². The number of aromatic hydroxyl groups is 5. The van der Waals surface area contributed by atoms with Crippen molar-refractivity contribution in [3.63, 3.8) is 0 Å². The molecule has 2 aromatic heterocycles. The molecule has 0 saturated carbocycles. The number of anilines is 1. The highest BCUT2D eigenvalue weighted by molar-refractivity contribution is 6.04. The Labute approximate surface area is 229 Å². The van der Waals surface area contributed by atoms with Gasteiger partial charge in [-0.1, -0.05) is 0 Å². The zero-order valence-electron chi connectivity index (χ0n) is 21.7. The van der Waals surface area contributed by atoms with Gasteiger partial charge in [0.2, 0.25) is 17.2 Å². The second-order valence-electron chi connectivity index (χ2n) is 9.95. The SMILES string of the molecule is Cc1cn(-c2cc(CN3CCCC(N)C3)cc(NC(=O)c3cc(-c4c(O)c(O)c(O)c(O)c4O)ccn3)c2)cn1. The molecule has 0 bridgehead atoms. The third-order valence-electron chi connectivity index (χ3n) is 6.85. The van der Waals surface area contributed by atoms with Crippen LogP contribution in [-0.4, -0.2) is 70.0 Å². The van der Waals surface area contributed by atoms with Gasteiger partial charge in [-0.25, -0.2) is 4.98 Å². The first-order chi connectivity index (χ1) is 19.1. The molecule has 1 saturated heterocycles. The summed E-state index contributed by atoms with van der Waals surface area (Å²) in [6.45, 7) is 4.26. The Balaban J connectivity index is 1.46. The Morgan fingerprint density at radius 2 is 1.75 bits per heavy atom. The third-order valence-corrected chi connectivity index (χ3v) is 6.85. The number of aryl methyl sites for hydroxylation is 1. The van der Waals surface area contributed by atoms with Crippen molar-refractivity contribution in [1.29, 1.82) is 0 Å². The molecule has 2 aromatic carbocycles. The van der Waals surface area contributed by atoms with E-state index < -0.39 is 34.7 Å². The van der Waals surface area contributed by atoms with Crippen molar-refractivity contribution >= 4 is 11.6 Å². The van der Waals surface area contributed by atoms with Crippen molar-refractivity contribution in [2.45, 2.75) is 32.4 Å². The molecule has 1 amide bonds. The van der Waals surface area contributed by atoms with Crippen LogP contribution in [0.25, 0.3) is 16.8 Å². The second-order valence-corrected chi connectivity index (χ2v) is 9.95. The quantitative estimate of drug-likeness (QED) is 0.140. The predicted molar refractivity (Wildman–Crippen MR) is 147 cm³/mol. The highest BCUT2D eigenvalue weighted by atomic mass is 16.4. The van der Waals surface area contributed by atoms with E-state index in [0.29, 0.717) is 12.2 Å². The van der Waals surface area contributed by atoms with Gasteiger partial charge in [0.05, 0.1) is 17.6 Å². The number of carbonyl (C=O) groups excluding carboxylic acids is 1. The number of hydrogen-bond donors (Lipinski definition) is 7. The number of aromatic nitrogens is 3. The first-order valence-electron chi connectivity index (χ1n) is 12.7. The first kappa shape index (κ1) is 26.8. The lowest BCUT2D eigenvalue weighted by Gasteiger charge is -2.30. The molecular formula is C28H30N6O6. The summed E-state index contributed by atoms with van der Waals surface area (Å²) >= 11 is 0. The molecule has 0 aliphatic carbocycles. The van der Waals surface area contributed by atoms with E-state index in [-0.39, 0.29) is 22.9 Å². The van der Waals surface area contributed by atoms with Crippen LogP contribution >= 0.6 is 0 Å². The lowest BCUT2D eigenvalue weighted by Crippen LogP contribution is -2.42. The molecule has 1 atom stereocenters. The van der Waals surface area contributed by atoms with Gasteiger partial charge in [0.25, 0.3) is 5.91 Å². The molecular weight excluding hydrogens is 516 g/mol. The summed E-state index contributed by atoms with van der Waals surface area (Å²) < 4.78 is 1.87. The van der Waals surface area contributed by atoms with E-state index in [4.69, 9.17) is 5.73 Å². The summed E-state index contributed by atoms with van der Waals surface area (Å²) in [5.41, 5.74) is 8.95. The van der Waals surface area contributed by atoms with E-state index in [1.807, 2.05) is 35.9 Å². The van der Waals surface area contributed by atoms with Crippen molar-refractivity contribution in [2.75, 3.05) is 18.4 Å². The van der Waals surface area contributed by atoms with Crippen LogP contribution in [-0.2, 0) is 6.54 Å². The van der Waals surface area contributed by atoms with Gasteiger partial charge in [-0.05, 0) is 67.8 Å². The molecule has 40 heavy (non-hydrogen) atoms. The number of pyridine rings is 1. The Kier molecular flexibility index (Phi) is 7.20. The van der Waals surface area contributed by atoms with Crippen molar-refractivity contribution in [1.82, 2.24) is 19.4 Å². The minimum absolute atomic E-state index is 0.0595. The number of phenols is 5. The molecule has 8 N–H and O–H groups in total. The fourth-order valence-corrected chi connectivity index (χ4v) is 4.91. The van der Waals surface area contributed by atoms with Crippen molar-refractivity contribution in [3.8, 4) is 45.6 Å². The minimum atomic E-state index is -1.07. The van der Waals surface area contributed by atoms with E-state index in [0.717, 1.165) is 42.9 Å². The Hall–Kier alpha value is -4.81. The molecule has 12 nitrogen and oxygen atoms in total. The molecule has 1 aliphatic rings. The number of nitrogens with one attached hydrogen (secondary N) is 1. The van der Waals surface area contributed by atoms with Gasteiger partial charge in [-0.15, -0.1) is 0 Å². The minimum Gasteiger partial charge on any atom is -0.504 e. The normalized spacial score (nSPS) is 15.7. The largest absolute Gasteiger partial charge is 0.504 e. The maximum Gasteiger partial charge on any atom is 0.274 e. The Morgan fingerprint density at radius 3 is 2.42 bits per heavy atom. The monoisotopic (exact) mass is 546 g/mol. The number of benzene rings is 2. The summed E-state index contributed by atoms with van der Waals surface area (Å²) in [7, 11) is 0. The zero-order valence-corrected chi connectivity index (χ0v) is 21.7. The maximum atomic E-state index is 13.3. The number of likely N-dealkylation sites (tertiary alicyclic amines) is 1. The van der Waals surface area contributed by atoms with E-state index in [9.17, 15) is 30.3 Å². The van der Waals surface area contributed by atoms with Crippen LogP contribution in [0.5, 0.6) is 28.7 Å². The number of rotatable bonds is 6. The first-order valence-corrected chi connectivity index (χ1v) is 12.7. The molecule has 1 unspecified atom stereocenters. The fraction of sp³-hybridized carbons (Fsp3) is 0.250. The smallest absolute Gasteiger partial charge is 0.274 e. The number of amides is 1. The Morgan fingerprint density at radius 1 is 1.02 bits per heavy atom. The van der Waals surface area contributed by atoms with Crippen LogP contribution in [0.1, 0.15) is 34.6 Å². The lowest BCUT2D eigenvalue weighted by molar-refractivity contribution is 0.102. The van der Waals surface area contributed by atoms with Crippen molar-refractivity contribution in [3.05, 3.63) is 66.0 Å². The summed E-state index contributed by atoms with van der Waals surface area (Å²) in [4.78, 5) is 24.0. The predicted octanol–water partition coefficient (Wildman–Crippen LogP) is 2.95. The molecule has 5 rings (SSSR count). The molecule has 3 heterocycles. The van der Waals surface area contributed by atoms with E-state index >= 15 is 0 Å². The summed E-state index contributed by atoms with van der Waals surface area (Å²) in [5.74, 6) is -5.39. The molecule has 0 spiro atoms. The average Bonchev–Trinajstić information content (AvgIpc) is 3.37. The number of carbonyl (C=O) groups is 1. The number of phenolic OH excluding ortho intramolecular Hbond substituents is 5. The van der Waals surface area contributed by atoms with Crippen molar-refractivity contribution < 1.29 is 30.3 Å². The van der Waals surface area contributed by atoms with Gasteiger partial charge in [0.15, 0.2) is 11.5 Å². The van der Waals surface area contributed by atoms with E-state index in [1.54, 1.807) is 6.33 Å². The maximum absolute atomic E-state index is 13.3. The van der Waals surface area contributed by atoms with Crippen LogP contribution in [0.2, 0.25) is 0 Å². The molecule has 1 aliphatic heterocycles. The highest BCUT2D eigenvalue weighted by Crippen LogP contribution is 2.54. The van der Waals surface area contributed by atoms with Crippen LogP contribution in [0.4, 0.5) is 5.69 Å². The fourth-order valence-electron chi connectivity index (χ4n) is 4.91. The molecule has 208 valence electrons. The van der Waals surface area contributed by atoms with Crippen LogP contribution in [0, 0.1) is 6.92 Å². The van der Waals surface area contributed by atoms with Gasteiger partial charge in [0, 0.05) is 42.9 Å². The van der Waals surface area contributed by atoms with Gasteiger partial charge in [-0.2, -0.15) is 0 Å². The molecule has 0 radical (unpaired) electrons. The number of hydrogen-bond acceptors (Lipinski definition) is 10. The van der Waals surface area contributed by atoms with Gasteiger partial charge in [-0.3, -0.25) is 14.7 Å². The van der Waals surface area contributed by atoms with Crippen LogP contribution < -0.4 is 11.1 Å². The van der Waals surface area contributed by atoms with E-state index in [2.05, 4.69) is 20.2 Å². The molecule has 1 fully saturated rings. The van der Waals surface area contributed by atoms with Gasteiger partial charge in [0.1, 0.15) is 5.69 Å². The third kappa shape index (κ3) is 5.35. The molecule has 4 aromatic rings. The lowest BCUT2D eigenvalue weighted by atomic mass is 10.0. The van der Waals surface area contributed by atoms with Crippen LogP contribution in [0.3, 0.4) is 0 Å². The highest BCUT2D eigenvalue weighted by Gasteiger charge is 2.25. The zero-order chi connectivity index (χ0) is 28.6. The topological polar surface area (TPSA) is 190 Å². The number of nitrogens with two attached hydrogens (primary N) is 1. The van der Waals surface area contributed by atoms with Gasteiger partial charge >= 0.3 is 0 Å².